The average molecular weight is 148 g/mol. The molecule has 0 heterocycles. The summed E-state index contributed by atoms with van der Waals surface area (Å²) in [5.41, 5.74) is 0. The van der Waals surface area contributed by atoms with E-state index in [1.54, 1.807) is 0 Å². The lowest BCUT2D eigenvalue weighted by Crippen LogP contribution is -2.11. The highest BCUT2D eigenvalue weighted by Gasteiger charge is 2.29. The summed E-state index contributed by atoms with van der Waals surface area (Å²) in [6, 6.07) is 0. The second-order valence-electron chi connectivity index (χ2n) is 2.12. The largest absolute Gasteiger partial charge is 0.481 e. The van der Waals surface area contributed by atoms with Gasteiger partial charge in [0.25, 0.3) is 0 Å². The second-order valence-corrected chi connectivity index (χ2v) is 3.84. The molecular weight excluding hydrogens is 140 g/mol. The van der Waals surface area contributed by atoms with E-state index in [4.69, 9.17) is 5.11 Å². The topological polar surface area (TPSA) is 54.4 Å². The van der Waals surface area contributed by atoms with E-state index in [1.807, 2.05) is 0 Å². The maximum Gasteiger partial charge on any atom is 0.316 e. The molecule has 1 rings (SSSR count). The molecule has 0 aromatic rings. The van der Waals surface area contributed by atoms with Gasteiger partial charge in [0.2, 0.25) is 0 Å². The Kier molecular flexibility index (Phi) is 1.85. The molecule has 0 amide bonds. The number of hydrogen-bond acceptors (Lipinski definition) is 2. The van der Waals surface area contributed by atoms with Crippen molar-refractivity contribution >= 4 is 16.8 Å². The monoisotopic (exact) mass is 148 g/mol. The van der Waals surface area contributed by atoms with E-state index >= 15 is 0 Å². The lowest BCUT2D eigenvalue weighted by molar-refractivity contribution is -0.133. The average Bonchev–Trinajstić information content (AvgIpc) is 2.40. The number of hydrogen-bond donors (Lipinski definition) is 1. The van der Waals surface area contributed by atoms with Crippen LogP contribution in [0.4, 0.5) is 0 Å². The highest BCUT2D eigenvalue weighted by atomic mass is 32.2. The van der Waals surface area contributed by atoms with Crippen LogP contribution in [0.15, 0.2) is 0 Å². The van der Waals surface area contributed by atoms with Crippen molar-refractivity contribution in [3.63, 3.8) is 0 Å². The van der Waals surface area contributed by atoms with E-state index in [9.17, 15) is 9.00 Å². The number of carboxylic acids is 1. The predicted molar refractivity (Wildman–Crippen MR) is 33.7 cm³/mol. The van der Waals surface area contributed by atoms with E-state index in [1.165, 1.54) is 0 Å². The Morgan fingerprint density at radius 2 is 2.22 bits per heavy atom. The standard InChI is InChI=1S/C5H8O3S/c6-5(7)3-9(8)4-1-2-4/h4H,1-3H2,(H,6,7). The molecule has 0 aromatic carbocycles. The quantitative estimate of drug-likeness (QED) is 0.612. The summed E-state index contributed by atoms with van der Waals surface area (Å²) < 4.78 is 10.7. The Bertz CT molecular complexity index is 150. The van der Waals surface area contributed by atoms with Gasteiger partial charge in [-0.2, -0.15) is 0 Å². The summed E-state index contributed by atoms with van der Waals surface area (Å²) >= 11 is 0. The second kappa shape index (κ2) is 2.47. The molecule has 0 spiro atoms. The van der Waals surface area contributed by atoms with E-state index in [2.05, 4.69) is 0 Å². The third-order valence-corrected chi connectivity index (χ3v) is 2.91. The van der Waals surface area contributed by atoms with Crippen LogP contribution in [0.25, 0.3) is 0 Å². The van der Waals surface area contributed by atoms with Crippen molar-refractivity contribution in [2.75, 3.05) is 5.75 Å². The van der Waals surface area contributed by atoms with Gasteiger partial charge in [0.15, 0.2) is 0 Å². The number of aliphatic carboxylic acids is 1. The summed E-state index contributed by atoms with van der Waals surface area (Å²) in [6.07, 6.45) is 1.89. The first-order valence-corrected chi connectivity index (χ1v) is 4.17. The number of rotatable bonds is 3. The Hall–Kier alpha value is -0.380. The minimum absolute atomic E-state index is 0.176. The molecule has 9 heavy (non-hydrogen) atoms. The first kappa shape index (κ1) is 6.74. The van der Waals surface area contributed by atoms with E-state index in [0.717, 1.165) is 12.8 Å². The van der Waals surface area contributed by atoms with Crippen molar-refractivity contribution in [1.29, 1.82) is 0 Å². The van der Waals surface area contributed by atoms with Crippen molar-refractivity contribution in [3.8, 4) is 0 Å². The Morgan fingerprint density at radius 3 is 2.56 bits per heavy atom. The molecule has 1 fully saturated rings. The van der Waals surface area contributed by atoms with Gasteiger partial charge in [0.05, 0.1) is 0 Å². The van der Waals surface area contributed by atoms with Gasteiger partial charge in [-0.05, 0) is 12.8 Å². The molecule has 0 aromatic heterocycles. The van der Waals surface area contributed by atoms with Gasteiger partial charge >= 0.3 is 5.97 Å². The Labute approximate surface area is 55.5 Å². The van der Waals surface area contributed by atoms with Gasteiger partial charge in [-0.3, -0.25) is 9.00 Å². The normalized spacial score (nSPS) is 21.3. The van der Waals surface area contributed by atoms with E-state index in [-0.39, 0.29) is 11.0 Å². The zero-order valence-electron chi connectivity index (χ0n) is 4.87. The molecular formula is C5H8O3S. The van der Waals surface area contributed by atoms with Gasteiger partial charge in [-0.25, -0.2) is 0 Å². The first-order valence-electron chi connectivity index (χ1n) is 2.79. The molecule has 3 nitrogen and oxygen atoms in total. The molecule has 52 valence electrons. The van der Waals surface area contributed by atoms with Gasteiger partial charge in [0.1, 0.15) is 5.75 Å². The maximum absolute atomic E-state index is 10.7. The lowest BCUT2D eigenvalue weighted by atomic mass is 10.8. The zero-order valence-corrected chi connectivity index (χ0v) is 5.69. The molecule has 1 atom stereocenters. The van der Waals surface area contributed by atoms with E-state index < -0.39 is 16.8 Å². The molecule has 0 radical (unpaired) electrons. The SMILES string of the molecule is O=C(O)CS(=O)C1CC1. The number of carbonyl (C=O) groups is 1. The van der Waals surface area contributed by atoms with Crippen LogP contribution in [-0.2, 0) is 15.6 Å². The van der Waals surface area contributed by atoms with Crippen LogP contribution in [0.1, 0.15) is 12.8 Å². The fourth-order valence-corrected chi connectivity index (χ4v) is 1.71. The smallest absolute Gasteiger partial charge is 0.316 e. The summed E-state index contributed by atoms with van der Waals surface area (Å²) in [6.45, 7) is 0. The van der Waals surface area contributed by atoms with Crippen LogP contribution >= 0.6 is 0 Å². The molecule has 1 aliphatic rings. The zero-order chi connectivity index (χ0) is 6.85. The van der Waals surface area contributed by atoms with Crippen LogP contribution in [-0.4, -0.2) is 26.3 Å². The highest BCUT2D eigenvalue weighted by Crippen LogP contribution is 2.25. The van der Waals surface area contributed by atoms with Crippen molar-refractivity contribution in [2.24, 2.45) is 0 Å². The van der Waals surface area contributed by atoms with Crippen molar-refractivity contribution in [1.82, 2.24) is 0 Å². The molecule has 1 saturated carbocycles. The minimum atomic E-state index is -1.09. The molecule has 1 N–H and O–H groups in total. The molecule has 4 heteroatoms. The van der Waals surface area contributed by atoms with Crippen LogP contribution in [0.3, 0.4) is 0 Å². The Balaban J connectivity index is 2.26. The number of carboxylic acid groups (broad SMARTS) is 1. The fraction of sp³-hybridized carbons (Fsp3) is 0.800. The Morgan fingerprint density at radius 1 is 1.67 bits per heavy atom. The van der Waals surface area contributed by atoms with Gasteiger partial charge < -0.3 is 5.11 Å². The van der Waals surface area contributed by atoms with Gasteiger partial charge in [0, 0.05) is 16.0 Å². The van der Waals surface area contributed by atoms with Crippen molar-refractivity contribution in [3.05, 3.63) is 0 Å². The van der Waals surface area contributed by atoms with E-state index in [0.29, 0.717) is 0 Å². The molecule has 1 aliphatic carbocycles. The van der Waals surface area contributed by atoms with Crippen LogP contribution in [0.2, 0.25) is 0 Å². The summed E-state index contributed by atoms with van der Waals surface area (Å²) in [5.74, 6) is -1.13. The first-order chi connectivity index (χ1) is 4.20. The summed E-state index contributed by atoms with van der Waals surface area (Å²) in [4.78, 5) is 9.95. The lowest BCUT2D eigenvalue weighted by Gasteiger charge is -1.90. The third-order valence-electron chi connectivity index (χ3n) is 1.16. The van der Waals surface area contributed by atoms with Crippen LogP contribution < -0.4 is 0 Å². The predicted octanol–water partition coefficient (Wildman–Crippen LogP) is -0.0179. The maximum atomic E-state index is 10.7. The van der Waals surface area contributed by atoms with Crippen LogP contribution in [0.5, 0.6) is 0 Å². The third kappa shape index (κ3) is 2.13. The fourth-order valence-electron chi connectivity index (χ4n) is 0.570. The van der Waals surface area contributed by atoms with Crippen LogP contribution in [0, 0.1) is 0 Å². The van der Waals surface area contributed by atoms with Gasteiger partial charge in [-0.1, -0.05) is 0 Å². The highest BCUT2D eigenvalue weighted by molar-refractivity contribution is 7.86. The van der Waals surface area contributed by atoms with Crippen molar-refractivity contribution in [2.45, 2.75) is 18.1 Å². The van der Waals surface area contributed by atoms with Gasteiger partial charge in [-0.15, -0.1) is 0 Å². The summed E-state index contributed by atoms with van der Waals surface area (Å²) in [7, 11) is -1.09. The molecule has 0 aliphatic heterocycles. The molecule has 0 saturated heterocycles. The van der Waals surface area contributed by atoms with Crippen molar-refractivity contribution < 1.29 is 14.1 Å². The summed E-state index contributed by atoms with van der Waals surface area (Å²) in [5, 5.41) is 8.36. The molecule has 1 unspecified atom stereocenters. The molecule has 0 bridgehead atoms. The minimum Gasteiger partial charge on any atom is -0.481 e.